The number of nitrogens with one attached hydrogen (secondary N) is 1. The summed E-state index contributed by atoms with van der Waals surface area (Å²) in [7, 11) is 0. The predicted octanol–water partition coefficient (Wildman–Crippen LogP) is 2.48. The highest BCUT2D eigenvalue weighted by molar-refractivity contribution is 5.08. The smallest absolute Gasteiger partial charge is 0.0597 e. The quantitative estimate of drug-likeness (QED) is 0.869. The predicted molar refractivity (Wildman–Crippen MR) is 81.7 cm³/mol. The highest BCUT2D eigenvalue weighted by atomic mass is 16.5. The van der Waals surface area contributed by atoms with Gasteiger partial charge in [0.2, 0.25) is 0 Å². The van der Waals surface area contributed by atoms with E-state index in [4.69, 9.17) is 4.74 Å². The third-order valence-electron chi connectivity index (χ3n) is 4.72. The maximum atomic E-state index is 6.02. The summed E-state index contributed by atoms with van der Waals surface area (Å²) in [6, 6.07) is 0.462. The van der Waals surface area contributed by atoms with Crippen LogP contribution in [0.4, 0.5) is 0 Å². The van der Waals surface area contributed by atoms with Gasteiger partial charge in [0.25, 0.3) is 0 Å². The summed E-state index contributed by atoms with van der Waals surface area (Å²) in [6.07, 6.45) is 5.88. The number of ether oxygens (including phenoxy) is 1. The molecular formula is C16H29N3O. The van der Waals surface area contributed by atoms with Gasteiger partial charge in [0, 0.05) is 24.7 Å². The van der Waals surface area contributed by atoms with Crippen molar-refractivity contribution in [2.24, 2.45) is 11.8 Å². The van der Waals surface area contributed by atoms with Gasteiger partial charge in [-0.15, -0.1) is 0 Å². The number of aromatic nitrogens is 2. The molecule has 1 aliphatic heterocycles. The molecule has 114 valence electrons. The van der Waals surface area contributed by atoms with E-state index in [-0.39, 0.29) is 0 Å². The van der Waals surface area contributed by atoms with E-state index in [0.29, 0.717) is 30.1 Å². The molecule has 0 aromatic carbocycles. The zero-order chi connectivity index (χ0) is 14.7. The summed E-state index contributed by atoms with van der Waals surface area (Å²) in [5, 5.41) is 8.05. The normalized spacial score (nSPS) is 31.6. The molecule has 20 heavy (non-hydrogen) atoms. The molecule has 0 bridgehead atoms. The number of rotatable bonds is 6. The van der Waals surface area contributed by atoms with Crippen LogP contribution in [-0.2, 0) is 17.7 Å². The van der Waals surface area contributed by atoms with Gasteiger partial charge in [-0.2, -0.15) is 5.10 Å². The van der Waals surface area contributed by atoms with Gasteiger partial charge in [-0.3, -0.25) is 4.68 Å². The number of nitrogens with zero attached hydrogens (tertiary/aromatic N) is 2. The second-order valence-electron chi connectivity index (χ2n) is 6.06. The SMILES string of the molecule is CCNC(Cc1cnn(CC)c1)C1C(C)OC(C)C1C. The molecule has 0 saturated carbocycles. The Kier molecular flexibility index (Phi) is 5.22. The van der Waals surface area contributed by atoms with Crippen molar-refractivity contribution in [1.29, 1.82) is 0 Å². The third-order valence-corrected chi connectivity index (χ3v) is 4.72. The van der Waals surface area contributed by atoms with Gasteiger partial charge in [0.1, 0.15) is 0 Å². The Balaban J connectivity index is 2.10. The molecule has 1 aromatic heterocycles. The Bertz CT molecular complexity index is 418. The fourth-order valence-electron chi connectivity index (χ4n) is 3.53. The number of likely N-dealkylation sites (N-methyl/N-ethyl adjacent to an activating group) is 1. The average Bonchev–Trinajstić information content (AvgIpc) is 2.95. The van der Waals surface area contributed by atoms with Crippen molar-refractivity contribution in [3.8, 4) is 0 Å². The molecule has 0 radical (unpaired) electrons. The van der Waals surface area contributed by atoms with Gasteiger partial charge >= 0.3 is 0 Å². The zero-order valence-electron chi connectivity index (χ0n) is 13.5. The van der Waals surface area contributed by atoms with E-state index < -0.39 is 0 Å². The van der Waals surface area contributed by atoms with Crippen LogP contribution in [0, 0.1) is 11.8 Å². The summed E-state index contributed by atoms with van der Waals surface area (Å²) < 4.78 is 8.02. The van der Waals surface area contributed by atoms with Crippen LogP contribution >= 0.6 is 0 Å². The number of hydrogen-bond acceptors (Lipinski definition) is 3. The minimum absolute atomic E-state index is 0.324. The summed E-state index contributed by atoms with van der Waals surface area (Å²) in [4.78, 5) is 0. The first kappa shape index (κ1) is 15.5. The average molecular weight is 279 g/mol. The highest BCUT2D eigenvalue weighted by Crippen LogP contribution is 2.35. The maximum Gasteiger partial charge on any atom is 0.0597 e. The molecule has 2 rings (SSSR count). The van der Waals surface area contributed by atoms with E-state index in [2.05, 4.69) is 51.2 Å². The zero-order valence-corrected chi connectivity index (χ0v) is 13.5. The number of hydrogen-bond donors (Lipinski definition) is 1. The lowest BCUT2D eigenvalue weighted by molar-refractivity contribution is 0.0476. The molecule has 1 aromatic rings. The Morgan fingerprint density at radius 1 is 1.30 bits per heavy atom. The summed E-state index contributed by atoms with van der Waals surface area (Å²) >= 11 is 0. The first-order valence-corrected chi connectivity index (χ1v) is 7.97. The van der Waals surface area contributed by atoms with Crippen LogP contribution in [0.1, 0.15) is 40.2 Å². The summed E-state index contributed by atoms with van der Waals surface area (Å²) in [5.74, 6) is 1.16. The molecule has 0 aliphatic carbocycles. The molecule has 4 nitrogen and oxygen atoms in total. The van der Waals surface area contributed by atoms with Crippen LogP contribution in [0.15, 0.2) is 12.4 Å². The van der Waals surface area contributed by atoms with Gasteiger partial charge in [0.05, 0.1) is 18.4 Å². The second kappa shape index (κ2) is 6.72. The fraction of sp³-hybridized carbons (Fsp3) is 0.812. The van der Waals surface area contributed by atoms with Crippen molar-refractivity contribution < 1.29 is 4.74 Å². The van der Waals surface area contributed by atoms with Gasteiger partial charge in [-0.25, -0.2) is 0 Å². The Hall–Kier alpha value is -0.870. The molecule has 1 saturated heterocycles. The Morgan fingerprint density at radius 3 is 2.55 bits per heavy atom. The summed E-state index contributed by atoms with van der Waals surface area (Å²) in [5.41, 5.74) is 1.32. The minimum Gasteiger partial charge on any atom is -0.375 e. The Labute approximate surface area is 122 Å². The second-order valence-corrected chi connectivity index (χ2v) is 6.06. The molecule has 5 atom stereocenters. The van der Waals surface area contributed by atoms with Crippen LogP contribution in [-0.4, -0.2) is 34.6 Å². The molecule has 1 fully saturated rings. The van der Waals surface area contributed by atoms with Gasteiger partial charge < -0.3 is 10.1 Å². The van der Waals surface area contributed by atoms with E-state index in [1.165, 1.54) is 5.56 Å². The van der Waals surface area contributed by atoms with E-state index >= 15 is 0 Å². The van der Waals surface area contributed by atoms with Crippen LogP contribution in [0.25, 0.3) is 0 Å². The molecule has 1 N–H and O–H groups in total. The lowest BCUT2D eigenvalue weighted by Gasteiger charge is -2.29. The highest BCUT2D eigenvalue weighted by Gasteiger charge is 2.41. The molecule has 4 heteroatoms. The van der Waals surface area contributed by atoms with Crippen LogP contribution in [0.3, 0.4) is 0 Å². The van der Waals surface area contributed by atoms with E-state index in [1.807, 2.05) is 10.9 Å². The van der Waals surface area contributed by atoms with E-state index in [1.54, 1.807) is 0 Å². The standard InChI is InChI=1S/C16H29N3O/c1-6-17-15(8-14-9-18-19(7-2)10-14)16-11(3)12(4)20-13(16)5/h9-13,15-17H,6-8H2,1-5H3. The van der Waals surface area contributed by atoms with Crippen molar-refractivity contribution in [1.82, 2.24) is 15.1 Å². The van der Waals surface area contributed by atoms with Crippen LogP contribution < -0.4 is 5.32 Å². The van der Waals surface area contributed by atoms with Crippen LogP contribution in [0.2, 0.25) is 0 Å². The van der Waals surface area contributed by atoms with E-state index in [9.17, 15) is 0 Å². The molecule has 5 unspecified atom stereocenters. The third kappa shape index (κ3) is 3.23. The van der Waals surface area contributed by atoms with Crippen molar-refractivity contribution in [3.63, 3.8) is 0 Å². The molecule has 0 amide bonds. The minimum atomic E-state index is 0.324. The lowest BCUT2D eigenvalue weighted by Crippen LogP contribution is -2.43. The van der Waals surface area contributed by atoms with Crippen molar-refractivity contribution in [2.75, 3.05) is 6.54 Å². The first-order valence-electron chi connectivity index (χ1n) is 7.97. The topological polar surface area (TPSA) is 39.1 Å². The van der Waals surface area contributed by atoms with Gasteiger partial charge in [0.15, 0.2) is 0 Å². The first-order chi connectivity index (χ1) is 9.56. The monoisotopic (exact) mass is 279 g/mol. The summed E-state index contributed by atoms with van der Waals surface area (Å²) in [6.45, 7) is 13.0. The molecular weight excluding hydrogens is 250 g/mol. The fourth-order valence-corrected chi connectivity index (χ4v) is 3.53. The van der Waals surface area contributed by atoms with Crippen LogP contribution in [0.5, 0.6) is 0 Å². The van der Waals surface area contributed by atoms with E-state index in [0.717, 1.165) is 19.5 Å². The van der Waals surface area contributed by atoms with Gasteiger partial charge in [-0.05, 0) is 45.2 Å². The lowest BCUT2D eigenvalue weighted by atomic mass is 9.81. The Morgan fingerprint density at radius 2 is 2.05 bits per heavy atom. The molecule has 1 aliphatic rings. The van der Waals surface area contributed by atoms with Gasteiger partial charge in [-0.1, -0.05) is 13.8 Å². The van der Waals surface area contributed by atoms with Crippen molar-refractivity contribution in [2.45, 2.75) is 65.8 Å². The molecule has 2 heterocycles. The largest absolute Gasteiger partial charge is 0.375 e. The van der Waals surface area contributed by atoms with Crippen molar-refractivity contribution >= 4 is 0 Å². The number of aryl methyl sites for hydroxylation is 1. The molecule has 0 spiro atoms. The maximum absolute atomic E-state index is 6.02. The van der Waals surface area contributed by atoms with Crippen molar-refractivity contribution in [3.05, 3.63) is 18.0 Å².